The van der Waals surface area contributed by atoms with Crippen LogP contribution in [-0.2, 0) is 21.9 Å². The second kappa shape index (κ2) is 5.25. The Hall–Kier alpha value is -1.87. The molecule has 20 heavy (non-hydrogen) atoms. The number of aromatic nitrogens is 1. The summed E-state index contributed by atoms with van der Waals surface area (Å²) >= 11 is 0. The van der Waals surface area contributed by atoms with Crippen LogP contribution in [-0.4, -0.2) is 42.6 Å². The predicted octanol–water partition coefficient (Wildman–Crippen LogP) is -0.474. The van der Waals surface area contributed by atoms with E-state index in [0.29, 0.717) is 0 Å². The smallest absolute Gasteiger partial charge is 0.328 e. The van der Waals surface area contributed by atoms with E-state index in [2.05, 4.69) is 10.0 Å². The summed E-state index contributed by atoms with van der Waals surface area (Å²) in [5, 5.41) is 11.3. The maximum Gasteiger partial charge on any atom is 0.328 e. The number of carbonyl (C=O) groups is 2. The third-order valence-electron chi connectivity index (χ3n) is 2.75. The van der Waals surface area contributed by atoms with Gasteiger partial charge in [-0.15, -0.1) is 0 Å². The predicted molar refractivity (Wildman–Crippen MR) is 70.8 cm³/mol. The van der Waals surface area contributed by atoms with Crippen molar-refractivity contribution in [3.05, 3.63) is 18.0 Å². The van der Waals surface area contributed by atoms with Gasteiger partial charge in [0.15, 0.2) is 0 Å². The van der Waals surface area contributed by atoms with Gasteiger partial charge in [-0.3, -0.25) is 4.79 Å². The Morgan fingerprint density at radius 2 is 1.90 bits per heavy atom. The number of carboxylic acids is 1. The standard InChI is InChI=1S/C11H17N3O5S/c1-11(2,10(16)17)13-9(15)8-5-7(6-14(8)4)20(18,19)12-3/h5-6,12H,1-4H3,(H,13,15)(H,16,17). The van der Waals surface area contributed by atoms with E-state index in [4.69, 9.17) is 5.11 Å². The number of amides is 1. The monoisotopic (exact) mass is 303 g/mol. The summed E-state index contributed by atoms with van der Waals surface area (Å²) in [4.78, 5) is 22.9. The first-order valence-corrected chi connectivity index (χ1v) is 7.15. The maximum atomic E-state index is 12.0. The van der Waals surface area contributed by atoms with Gasteiger partial charge in [-0.25, -0.2) is 17.9 Å². The number of aliphatic carboxylic acids is 1. The maximum absolute atomic E-state index is 12.0. The highest BCUT2D eigenvalue weighted by Gasteiger charge is 2.30. The molecule has 0 aromatic carbocycles. The van der Waals surface area contributed by atoms with Crippen LogP contribution in [0.1, 0.15) is 24.3 Å². The Balaban J connectivity index is 3.11. The molecule has 1 aromatic rings. The first kappa shape index (κ1) is 16.2. The molecule has 1 aromatic heterocycles. The summed E-state index contributed by atoms with van der Waals surface area (Å²) in [6, 6.07) is 1.18. The second-order valence-corrected chi connectivity index (χ2v) is 6.65. The van der Waals surface area contributed by atoms with Gasteiger partial charge in [-0.1, -0.05) is 0 Å². The van der Waals surface area contributed by atoms with Crippen LogP contribution >= 0.6 is 0 Å². The molecule has 0 saturated carbocycles. The number of sulfonamides is 1. The average molecular weight is 303 g/mol. The van der Waals surface area contributed by atoms with E-state index in [1.54, 1.807) is 0 Å². The van der Waals surface area contributed by atoms with Gasteiger partial charge in [0.05, 0.1) is 0 Å². The molecule has 0 radical (unpaired) electrons. The number of carboxylic acid groups (broad SMARTS) is 1. The highest BCUT2D eigenvalue weighted by atomic mass is 32.2. The molecule has 0 spiro atoms. The average Bonchev–Trinajstić information content (AvgIpc) is 2.71. The molecular formula is C11H17N3O5S. The molecule has 0 bridgehead atoms. The Kier molecular flexibility index (Phi) is 4.25. The topological polar surface area (TPSA) is 118 Å². The molecule has 3 N–H and O–H groups in total. The van der Waals surface area contributed by atoms with Crippen molar-refractivity contribution >= 4 is 21.9 Å². The van der Waals surface area contributed by atoms with Gasteiger partial charge in [0.1, 0.15) is 16.1 Å². The molecule has 0 saturated heterocycles. The number of nitrogens with zero attached hydrogens (tertiary/aromatic N) is 1. The van der Waals surface area contributed by atoms with Gasteiger partial charge in [0.2, 0.25) is 10.0 Å². The minimum Gasteiger partial charge on any atom is -0.480 e. The van der Waals surface area contributed by atoms with Crippen molar-refractivity contribution in [2.45, 2.75) is 24.3 Å². The van der Waals surface area contributed by atoms with Gasteiger partial charge in [-0.05, 0) is 27.0 Å². The van der Waals surface area contributed by atoms with Gasteiger partial charge in [-0.2, -0.15) is 0 Å². The van der Waals surface area contributed by atoms with Crippen LogP contribution in [0.25, 0.3) is 0 Å². The van der Waals surface area contributed by atoms with Crippen LogP contribution in [0, 0.1) is 0 Å². The largest absolute Gasteiger partial charge is 0.480 e. The zero-order valence-electron chi connectivity index (χ0n) is 11.6. The highest BCUT2D eigenvalue weighted by molar-refractivity contribution is 7.89. The van der Waals surface area contributed by atoms with Crippen molar-refractivity contribution in [1.82, 2.24) is 14.6 Å². The summed E-state index contributed by atoms with van der Waals surface area (Å²) in [5.41, 5.74) is -1.41. The van der Waals surface area contributed by atoms with E-state index in [0.717, 1.165) is 0 Å². The number of rotatable bonds is 5. The van der Waals surface area contributed by atoms with Crippen molar-refractivity contribution in [1.29, 1.82) is 0 Å². The molecule has 1 rings (SSSR count). The summed E-state index contributed by atoms with van der Waals surface area (Å²) < 4.78 is 26.7. The number of hydrogen-bond acceptors (Lipinski definition) is 4. The first-order valence-electron chi connectivity index (χ1n) is 5.67. The summed E-state index contributed by atoms with van der Waals surface area (Å²) in [6.45, 7) is 2.67. The van der Waals surface area contributed by atoms with E-state index in [9.17, 15) is 18.0 Å². The van der Waals surface area contributed by atoms with Crippen molar-refractivity contribution in [3.8, 4) is 0 Å². The third kappa shape index (κ3) is 3.17. The molecular weight excluding hydrogens is 286 g/mol. The number of nitrogens with one attached hydrogen (secondary N) is 2. The number of aryl methyl sites for hydroxylation is 1. The third-order valence-corrected chi connectivity index (χ3v) is 4.13. The number of carbonyl (C=O) groups excluding carboxylic acids is 1. The van der Waals surface area contributed by atoms with Gasteiger partial charge in [0, 0.05) is 13.2 Å². The van der Waals surface area contributed by atoms with E-state index < -0.39 is 27.4 Å². The van der Waals surface area contributed by atoms with Crippen LogP contribution in [0.4, 0.5) is 0 Å². The lowest BCUT2D eigenvalue weighted by Crippen LogP contribution is -2.50. The summed E-state index contributed by atoms with van der Waals surface area (Å²) in [7, 11) is -0.904. The molecule has 8 nitrogen and oxygen atoms in total. The fraction of sp³-hybridized carbons (Fsp3) is 0.455. The minimum absolute atomic E-state index is 0.0492. The van der Waals surface area contributed by atoms with Crippen molar-refractivity contribution in [2.75, 3.05) is 7.05 Å². The fourth-order valence-electron chi connectivity index (χ4n) is 1.43. The SMILES string of the molecule is CNS(=O)(=O)c1cc(C(=O)NC(C)(C)C(=O)O)n(C)c1. The second-order valence-electron chi connectivity index (χ2n) is 4.76. The van der Waals surface area contributed by atoms with E-state index >= 15 is 0 Å². The van der Waals surface area contributed by atoms with E-state index in [1.165, 1.54) is 44.8 Å². The zero-order valence-corrected chi connectivity index (χ0v) is 12.4. The molecule has 0 aliphatic rings. The molecule has 0 aliphatic carbocycles. The van der Waals surface area contributed by atoms with Gasteiger partial charge in [0.25, 0.3) is 5.91 Å². The van der Waals surface area contributed by atoms with Crippen LogP contribution < -0.4 is 10.0 Å². The Bertz CT molecular complexity index is 645. The molecule has 112 valence electrons. The zero-order chi connectivity index (χ0) is 15.7. The van der Waals surface area contributed by atoms with Crippen LogP contribution in [0.15, 0.2) is 17.2 Å². The molecule has 9 heteroatoms. The normalized spacial score (nSPS) is 12.2. The van der Waals surface area contributed by atoms with Gasteiger partial charge >= 0.3 is 5.97 Å². The summed E-state index contributed by atoms with van der Waals surface area (Å²) in [5.74, 6) is -1.86. The molecule has 0 atom stereocenters. The lowest BCUT2D eigenvalue weighted by molar-refractivity contribution is -0.143. The van der Waals surface area contributed by atoms with Crippen molar-refractivity contribution in [3.63, 3.8) is 0 Å². The van der Waals surface area contributed by atoms with E-state index in [-0.39, 0.29) is 10.6 Å². The van der Waals surface area contributed by atoms with Crippen LogP contribution in [0.2, 0.25) is 0 Å². The Morgan fingerprint density at radius 3 is 2.35 bits per heavy atom. The Labute approximate surface area is 116 Å². The van der Waals surface area contributed by atoms with Crippen LogP contribution in [0.5, 0.6) is 0 Å². The van der Waals surface area contributed by atoms with E-state index in [1.807, 2.05) is 0 Å². The summed E-state index contributed by atoms with van der Waals surface area (Å²) in [6.07, 6.45) is 1.27. The molecule has 0 fully saturated rings. The molecule has 1 heterocycles. The van der Waals surface area contributed by atoms with Gasteiger partial charge < -0.3 is 15.0 Å². The fourth-order valence-corrected chi connectivity index (χ4v) is 2.23. The molecule has 0 unspecified atom stereocenters. The van der Waals surface area contributed by atoms with Crippen LogP contribution in [0.3, 0.4) is 0 Å². The first-order chi connectivity index (χ1) is 9.01. The molecule has 0 aliphatic heterocycles. The quantitative estimate of drug-likeness (QED) is 0.679. The van der Waals surface area contributed by atoms with Crippen molar-refractivity contribution in [2.24, 2.45) is 7.05 Å². The highest BCUT2D eigenvalue weighted by Crippen LogP contribution is 2.14. The Morgan fingerprint density at radius 1 is 1.35 bits per heavy atom. The molecule has 1 amide bonds. The van der Waals surface area contributed by atoms with Crippen molar-refractivity contribution < 1.29 is 23.1 Å². The lowest BCUT2D eigenvalue weighted by atomic mass is 10.1. The number of hydrogen-bond donors (Lipinski definition) is 3. The minimum atomic E-state index is -3.66. The lowest BCUT2D eigenvalue weighted by Gasteiger charge is -2.20.